The van der Waals surface area contributed by atoms with Crippen LogP contribution in [-0.4, -0.2) is 74.8 Å². The van der Waals surface area contributed by atoms with Crippen molar-refractivity contribution in [3.05, 3.63) is 0 Å². The summed E-state index contributed by atoms with van der Waals surface area (Å²) < 4.78 is 6.04. The molecular weight excluding hydrogens is 379 g/mol. The maximum absolute atomic E-state index is 6.04. The van der Waals surface area contributed by atoms with E-state index in [4.69, 9.17) is 4.74 Å². The highest BCUT2D eigenvalue weighted by Crippen LogP contribution is 2.47. The molecule has 2 bridgehead atoms. The van der Waals surface area contributed by atoms with Crippen LogP contribution in [0, 0.1) is 11.8 Å². The van der Waals surface area contributed by atoms with E-state index in [9.17, 15) is 0 Å². The zero-order valence-electron chi connectivity index (χ0n) is 13.6. The summed E-state index contributed by atoms with van der Waals surface area (Å²) in [5, 5.41) is 3.53. The minimum absolute atomic E-state index is 0. The Morgan fingerprint density at radius 3 is 2.33 bits per heavy atom. The van der Waals surface area contributed by atoms with E-state index in [-0.39, 0.29) is 24.0 Å². The molecule has 3 aliphatic rings. The van der Waals surface area contributed by atoms with Crippen molar-refractivity contribution < 1.29 is 4.74 Å². The van der Waals surface area contributed by atoms with Crippen molar-refractivity contribution in [3.8, 4) is 0 Å². The molecule has 5 nitrogen and oxygen atoms in total. The molecule has 0 aliphatic carbocycles. The fourth-order valence-electron chi connectivity index (χ4n) is 3.89. The van der Waals surface area contributed by atoms with Gasteiger partial charge in [0.2, 0.25) is 0 Å². The number of guanidine groups is 1. The van der Waals surface area contributed by atoms with Crippen LogP contribution >= 0.6 is 24.0 Å². The summed E-state index contributed by atoms with van der Waals surface area (Å²) in [7, 11) is 6.12. The van der Waals surface area contributed by atoms with Gasteiger partial charge in [-0.2, -0.15) is 0 Å². The monoisotopic (exact) mass is 408 g/mol. The van der Waals surface area contributed by atoms with E-state index in [1.807, 2.05) is 7.05 Å². The molecule has 0 radical (unpaired) electrons. The van der Waals surface area contributed by atoms with E-state index in [1.165, 1.54) is 12.8 Å². The number of aliphatic imine (C=N–C) groups is 1. The van der Waals surface area contributed by atoms with Crippen LogP contribution in [0.2, 0.25) is 0 Å². The number of fused-ring (bicyclic) bond motifs is 5. The molecule has 0 saturated carbocycles. The molecule has 0 aromatic heterocycles. The highest BCUT2D eigenvalue weighted by atomic mass is 127. The van der Waals surface area contributed by atoms with Crippen molar-refractivity contribution in [2.45, 2.75) is 38.0 Å². The minimum atomic E-state index is 0. The Labute approximate surface area is 145 Å². The van der Waals surface area contributed by atoms with Gasteiger partial charge in [0.15, 0.2) is 5.96 Å². The van der Waals surface area contributed by atoms with Crippen molar-refractivity contribution in [2.75, 3.05) is 40.8 Å². The molecule has 1 N–H and O–H groups in total. The summed E-state index contributed by atoms with van der Waals surface area (Å²) in [5.41, 5.74) is 0. The van der Waals surface area contributed by atoms with Crippen LogP contribution in [0.3, 0.4) is 0 Å². The molecule has 0 amide bonds. The first-order chi connectivity index (χ1) is 9.60. The predicted octanol–water partition coefficient (Wildman–Crippen LogP) is 1.24. The van der Waals surface area contributed by atoms with Crippen LogP contribution in [0.25, 0.3) is 0 Å². The van der Waals surface area contributed by atoms with Gasteiger partial charge < -0.3 is 19.9 Å². The first-order valence-corrected chi connectivity index (χ1v) is 7.87. The number of nitrogens with zero attached hydrogens (tertiary/aromatic N) is 3. The van der Waals surface area contributed by atoms with Crippen LogP contribution < -0.4 is 5.32 Å². The number of likely N-dealkylation sites (N-methyl/N-ethyl adjacent to an activating group) is 1. The number of nitrogens with one attached hydrogen (secondary N) is 1. The molecule has 122 valence electrons. The molecule has 0 aromatic carbocycles. The summed E-state index contributed by atoms with van der Waals surface area (Å²) >= 11 is 0. The third kappa shape index (κ3) is 3.32. The van der Waals surface area contributed by atoms with Gasteiger partial charge in [0.05, 0.1) is 12.2 Å². The van der Waals surface area contributed by atoms with Gasteiger partial charge in [-0.15, -0.1) is 24.0 Å². The lowest BCUT2D eigenvalue weighted by atomic mass is 9.82. The molecule has 3 fully saturated rings. The molecule has 0 spiro atoms. The Bertz CT molecular complexity index is 372. The molecule has 0 aromatic rings. The molecule has 3 aliphatic heterocycles. The van der Waals surface area contributed by atoms with E-state index >= 15 is 0 Å². The van der Waals surface area contributed by atoms with Gasteiger partial charge in [0.25, 0.3) is 0 Å². The summed E-state index contributed by atoms with van der Waals surface area (Å²) in [6.45, 7) is 5.39. The van der Waals surface area contributed by atoms with Crippen molar-refractivity contribution >= 4 is 29.9 Å². The van der Waals surface area contributed by atoms with Crippen molar-refractivity contribution in [1.29, 1.82) is 0 Å². The van der Waals surface area contributed by atoms with Crippen LogP contribution in [0.1, 0.15) is 19.8 Å². The third-order valence-corrected chi connectivity index (χ3v) is 5.40. The molecule has 3 saturated heterocycles. The van der Waals surface area contributed by atoms with Crippen LogP contribution in [0.15, 0.2) is 4.99 Å². The lowest BCUT2D eigenvalue weighted by molar-refractivity contribution is 0.0767. The predicted molar refractivity (Wildman–Crippen MR) is 96.4 cm³/mol. The third-order valence-electron chi connectivity index (χ3n) is 5.40. The molecule has 21 heavy (non-hydrogen) atoms. The molecule has 6 heteroatoms. The molecular formula is C15H29IN4O. The first-order valence-electron chi connectivity index (χ1n) is 7.87. The van der Waals surface area contributed by atoms with Crippen molar-refractivity contribution in [1.82, 2.24) is 15.1 Å². The average molecular weight is 408 g/mol. The van der Waals surface area contributed by atoms with E-state index in [2.05, 4.69) is 41.1 Å². The fraction of sp³-hybridized carbons (Fsp3) is 0.933. The van der Waals surface area contributed by atoms with Gasteiger partial charge in [-0.25, -0.2) is 0 Å². The minimum Gasteiger partial charge on any atom is -0.374 e. The lowest BCUT2D eigenvalue weighted by Gasteiger charge is -2.26. The van der Waals surface area contributed by atoms with Gasteiger partial charge in [-0.1, -0.05) is 0 Å². The number of hydrogen-bond acceptors (Lipinski definition) is 3. The normalized spacial score (nSPS) is 35.9. The van der Waals surface area contributed by atoms with Crippen molar-refractivity contribution in [3.63, 3.8) is 0 Å². The van der Waals surface area contributed by atoms with Crippen LogP contribution in [0.5, 0.6) is 0 Å². The Balaban J connectivity index is 0.00000161. The van der Waals surface area contributed by atoms with E-state index in [0.717, 1.165) is 37.4 Å². The van der Waals surface area contributed by atoms with E-state index in [0.29, 0.717) is 18.2 Å². The zero-order chi connectivity index (χ0) is 14.3. The van der Waals surface area contributed by atoms with Gasteiger partial charge >= 0.3 is 0 Å². The standard InChI is InChI=1S/C15H28N4O.HI/c1-10(18(3)4)7-17-15(16-2)19-8-11-12(9-19)14-6-5-13(11)20-14;/h10-14H,5-9H2,1-4H3,(H,16,17);1H. The van der Waals surface area contributed by atoms with Crippen molar-refractivity contribution in [2.24, 2.45) is 16.8 Å². The average Bonchev–Trinajstić information content (AvgIpc) is 3.11. The fourth-order valence-corrected chi connectivity index (χ4v) is 3.89. The largest absolute Gasteiger partial charge is 0.374 e. The Hall–Kier alpha value is -0.0800. The highest BCUT2D eigenvalue weighted by molar-refractivity contribution is 14.0. The maximum Gasteiger partial charge on any atom is 0.193 e. The quantitative estimate of drug-likeness (QED) is 0.434. The first kappa shape index (κ1) is 17.3. The zero-order valence-corrected chi connectivity index (χ0v) is 15.9. The van der Waals surface area contributed by atoms with Gasteiger partial charge in [0, 0.05) is 44.6 Å². The second kappa shape index (κ2) is 7.00. The number of hydrogen-bond donors (Lipinski definition) is 1. The number of ether oxygens (including phenoxy) is 1. The van der Waals surface area contributed by atoms with Crippen LogP contribution in [-0.2, 0) is 4.74 Å². The van der Waals surface area contributed by atoms with Gasteiger partial charge in [-0.05, 0) is 33.9 Å². The Kier molecular flexibility index (Phi) is 5.76. The maximum atomic E-state index is 6.04. The Morgan fingerprint density at radius 1 is 1.29 bits per heavy atom. The second-order valence-corrected chi connectivity index (χ2v) is 6.76. The number of rotatable bonds is 3. The van der Waals surface area contributed by atoms with Gasteiger partial charge in [0.1, 0.15) is 0 Å². The molecule has 5 atom stereocenters. The van der Waals surface area contributed by atoms with Gasteiger partial charge in [-0.3, -0.25) is 4.99 Å². The second-order valence-electron chi connectivity index (χ2n) is 6.76. The topological polar surface area (TPSA) is 40.1 Å². The highest BCUT2D eigenvalue weighted by Gasteiger charge is 2.53. The lowest BCUT2D eigenvalue weighted by Crippen LogP contribution is -2.46. The Morgan fingerprint density at radius 2 is 1.86 bits per heavy atom. The molecule has 3 heterocycles. The number of likely N-dealkylation sites (tertiary alicyclic amines) is 1. The number of halogens is 1. The summed E-state index contributed by atoms with van der Waals surface area (Å²) in [4.78, 5) is 9.14. The van der Waals surface area contributed by atoms with Crippen LogP contribution in [0.4, 0.5) is 0 Å². The summed E-state index contributed by atoms with van der Waals surface area (Å²) in [5.74, 6) is 2.53. The van der Waals surface area contributed by atoms with E-state index < -0.39 is 0 Å². The summed E-state index contributed by atoms with van der Waals surface area (Å²) in [6.07, 6.45) is 3.58. The summed E-state index contributed by atoms with van der Waals surface area (Å²) in [6, 6.07) is 0.508. The smallest absolute Gasteiger partial charge is 0.193 e. The SMILES string of the molecule is CN=C(NCC(C)N(C)C)N1CC2C3CCC(O3)C2C1.I. The van der Waals surface area contributed by atoms with E-state index in [1.54, 1.807) is 0 Å². The molecule has 3 rings (SSSR count). The molecule has 5 unspecified atom stereocenters.